The maximum Gasteiger partial charge on any atom is 0.252 e. The van der Waals surface area contributed by atoms with E-state index in [1.165, 1.54) is 16.2 Å². The highest BCUT2D eigenvalue weighted by Crippen LogP contribution is 2.31. The number of methoxy groups -OCH3 is 1. The lowest BCUT2D eigenvalue weighted by Gasteiger charge is -2.18. The molecule has 1 aromatic carbocycles. The molecule has 2 aromatic heterocycles. The predicted octanol–water partition coefficient (Wildman–Crippen LogP) is 2.95. The molecule has 0 aliphatic heterocycles. The summed E-state index contributed by atoms with van der Waals surface area (Å²) in [6.07, 6.45) is 4.43. The van der Waals surface area contributed by atoms with Gasteiger partial charge in [0, 0.05) is 23.9 Å². The number of amides is 1. The van der Waals surface area contributed by atoms with Gasteiger partial charge in [0.15, 0.2) is 5.13 Å². The fourth-order valence-electron chi connectivity index (χ4n) is 2.66. The Labute approximate surface area is 167 Å². The average Bonchev–Trinajstić information content (AvgIpc) is 3.31. The zero-order chi connectivity index (χ0) is 19.2. The summed E-state index contributed by atoms with van der Waals surface area (Å²) in [6.45, 7) is 1.65. The number of anilines is 1. The first kappa shape index (κ1) is 19.5. The summed E-state index contributed by atoms with van der Waals surface area (Å²) < 4.78 is 6.31. The van der Waals surface area contributed by atoms with Crippen LogP contribution in [0.1, 0.15) is 11.3 Å². The molecule has 0 atom stereocenters. The van der Waals surface area contributed by atoms with E-state index in [-0.39, 0.29) is 5.91 Å². The first-order valence-corrected chi connectivity index (χ1v) is 10.5. The summed E-state index contributed by atoms with van der Waals surface area (Å²) in [6, 6.07) is 9.77. The number of ether oxygens (including phenoxy) is 1. The molecule has 142 valence electrons. The Hall–Kier alpha value is -2.22. The zero-order valence-electron chi connectivity index (χ0n) is 15.8. The highest BCUT2D eigenvalue weighted by molar-refractivity contribution is 7.22. The van der Waals surface area contributed by atoms with Crippen LogP contribution in [0.3, 0.4) is 0 Å². The monoisotopic (exact) mass is 402 g/mol. The SMILES string of the molecule is COc1ccc2nc(N(CCC[NH+](C)C)C(=O)/C=C/c3cccs3)sc2c1. The van der Waals surface area contributed by atoms with E-state index in [0.717, 1.165) is 38.9 Å². The van der Waals surface area contributed by atoms with Crippen LogP contribution in [0.5, 0.6) is 5.75 Å². The van der Waals surface area contributed by atoms with Crippen LogP contribution in [-0.4, -0.2) is 45.2 Å². The van der Waals surface area contributed by atoms with Gasteiger partial charge in [-0.1, -0.05) is 17.4 Å². The second kappa shape index (κ2) is 9.12. The molecule has 0 unspecified atom stereocenters. The van der Waals surface area contributed by atoms with Gasteiger partial charge in [-0.15, -0.1) is 11.3 Å². The van der Waals surface area contributed by atoms with Crippen LogP contribution in [0, 0.1) is 0 Å². The van der Waals surface area contributed by atoms with E-state index in [1.807, 2.05) is 41.8 Å². The fraction of sp³-hybridized carbons (Fsp3) is 0.300. The minimum Gasteiger partial charge on any atom is -0.497 e. The van der Waals surface area contributed by atoms with Crippen LogP contribution in [-0.2, 0) is 4.79 Å². The summed E-state index contributed by atoms with van der Waals surface area (Å²) in [5.74, 6) is 0.757. The number of nitrogens with zero attached hydrogens (tertiary/aromatic N) is 2. The Kier molecular flexibility index (Phi) is 6.60. The molecule has 0 aliphatic carbocycles. The molecule has 1 amide bonds. The molecule has 3 aromatic rings. The van der Waals surface area contributed by atoms with E-state index < -0.39 is 0 Å². The van der Waals surface area contributed by atoms with Gasteiger partial charge in [-0.25, -0.2) is 4.98 Å². The zero-order valence-corrected chi connectivity index (χ0v) is 17.4. The molecular weight excluding hydrogens is 378 g/mol. The van der Waals surface area contributed by atoms with E-state index in [2.05, 4.69) is 19.1 Å². The van der Waals surface area contributed by atoms with Gasteiger partial charge < -0.3 is 9.64 Å². The number of hydrogen-bond acceptors (Lipinski definition) is 5. The van der Waals surface area contributed by atoms with Gasteiger partial charge in [0.1, 0.15) is 5.75 Å². The summed E-state index contributed by atoms with van der Waals surface area (Å²) in [5, 5.41) is 2.73. The molecule has 5 nitrogen and oxygen atoms in total. The van der Waals surface area contributed by atoms with Crippen molar-refractivity contribution in [1.29, 1.82) is 0 Å². The summed E-state index contributed by atoms with van der Waals surface area (Å²) in [7, 11) is 5.89. The van der Waals surface area contributed by atoms with Gasteiger partial charge in [-0.2, -0.15) is 0 Å². The number of thiazole rings is 1. The Morgan fingerprint density at radius 2 is 2.19 bits per heavy atom. The average molecular weight is 403 g/mol. The molecule has 7 heteroatoms. The molecule has 0 saturated heterocycles. The van der Waals surface area contributed by atoms with Gasteiger partial charge in [-0.05, 0) is 35.7 Å². The minimum absolute atomic E-state index is 0.0387. The Morgan fingerprint density at radius 3 is 2.89 bits per heavy atom. The number of aromatic nitrogens is 1. The number of nitrogens with one attached hydrogen (secondary N) is 1. The smallest absolute Gasteiger partial charge is 0.252 e. The predicted molar refractivity (Wildman–Crippen MR) is 114 cm³/mol. The van der Waals surface area contributed by atoms with Crippen molar-refractivity contribution in [3.63, 3.8) is 0 Å². The van der Waals surface area contributed by atoms with Crippen molar-refractivity contribution in [3.8, 4) is 5.75 Å². The van der Waals surface area contributed by atoms with Crippen molar-refractivity contribution >= 4 is 50.0 Å². The van der Waals surface area contributed by atoms with Gasteiger partial charge >= 0.3 is 0 Å². The quantitative estimate of drug-likeness (QED) is 0.590. The van der Waals surface area contributed by atoms with Crippen molar-refractivity contribution in [1.82, 2.24) is 4.98 Å². The van der Waals surface area contributed by atoms with E-state index in [4.69, 9.17) is 4.74 Å². The normalized spacial score (nSPS) is 11.6. The second-order valence-corrected chi connectivity index (χ2v) is 8.47. The number of carbonyl (C=O) groups is 1. The lowest BCUT2D eigenvalue weighted by molar-refractivity contribution is -0.858. The Bertz CT molecular complexity index is 917. The largest absolute Gasteiger partial charge is 0.497 e. The summed E-state index contributed by atoms with van der Waals surface area (Å²) in [5.41, 5.74) is 0.883. The molecule has 0 radical (unpaired) electrons. The van der Waals surface area contributed by atoms with Crippen LogP contribution < -0.4 is 14.5 Å². The molecule has 3 rings (SSSR count). The van der Waals surface area contributed by atoms with Gasteiger partial charge in [0.2, 0.25) is 0 Å². The third kappa shape index (κ3) is 5.15. The molecule has 0 aliphatic rings. The topological polar surface area (TPSA) is 46.9 Å². The number of quaternary nitrogens is 1. The number of rotatable bonds is 8. The number of benzene rings is 1. The molecule has 2 heterocycles. The van der Waals surface area contributed by atoms with Crippen LogP contribution in [0.15, 0.2) is 41.8 Å². The van der Waals surface area contributed by atoms with E-state index in [1.54, 1.807) is 29.4 Å². The van der Waals surface area contributed by atoms with Crippen molar-refractivity contribution in [3.05, 3.63) is 46.7 Å². The fourth-order valence-corrected chi connectivity index (χ4v) is 4.30. The number of hydrogen-bond donors (Lipinski definition) is 1. The third-order valence-electron chi connectivity index (χ3n) is 4.07. The summed E-state index contributed by atoms with van der Waals surface area (Å²) in [4.78, 5) is 21.8. The Morgan fingerprint density at radius 1 is 1.33 bits per heavy atom. The molecule has 0 spiro atoms. The lowest BCUT2D eigenvalue weighted by Crippen LogP contribution is -3.05. The maximum atomic E-state index is 12.9. The minimum atomic E-state index is -0.0387. The van der Waals surface area contributed by atoms with E-state index >= 15 is 0 Å². The summed E-state index contributed by atoms with van der Waals surface area (Å²) >= 11 is 3.14. The molecule has 1 N–H and O–H groups in total. The standard InChI is InChI=1S/C20H23N3O2S2/c1-22(2)11-5-12-23(19(24)10-8-16-6-4-13-26-16)20-21-17-9-7-15(25-3)14-18(17)27-20/h4,6-10,13-14H,5,11-12H2,1-3H3/p+1/b10-8+. The van der Waals surface area contributed by atoms with Gasteiger partial charge in [-0.3, -0.25) is 9.69 Å². The number of thiophene rings is 1. The molecule has 0 saturated carbocycles. The molecular formula is C20H24N3O2S2+. The lowest BCUT2D eigenvalue weighted by atomic mass is 10.3. The Balaban J connectivity index is 1.85. The highest BCUT2D eigenvalue weighted by Gasteiger charge is 2.18. The van der Waals surface area contributed by atoms with Gasteiger partial charge in [0.05, 0.1) is 38.0 Å². The first-order chi connectivity index (χ1) is 13.1. The van der Waals surface area contributed by atoms with Crippen molar-refractivity contribution in [2.75, 3.05) is 39.2 Å². The number of carbonyl (C=O) groups excluding carboxylic acids is 1. The maximum absolute atomic E-state index is 12.9. The molecule has 0 bridgehead atoms. The number of fused-ring (bicyclic) bond motifs is 1. The van der Waals surface area contributed by atoms with Gasteiger partial charge in [0.25, 0.3) is 5.91 Å². The van der Waals surface area contributed by atoms with Crippen molar-refractivity contribution < 1.29 is 14.4 Å². The third-order valence-corrected chi connectivity index (χ3v) is 5.95. The van der Waals surface area contributed by atoms with E-state index in [0.29, 0.717) is 6.54 Å². The van der Waals surface area contributed by atoms with Crippen LogP contribution >= 0.6 is 22.7 Å². The van der Waals surface area contributed by atoms with Crippen LogP contribution in [0.2, 0.25) is 0 Å². The molecule has 0 fully saturated rings. The van der Waals surface area contributed by atoms with E-state index in [9.17, 15) is 4.79 Å². The second-order valence-electron chi connectivity index (χ2n) is 6.48. The first-order valence-electron chi connectivity index (χ1n) is 8.83. The van der Waals surface area contributed by atoms with Crippen LogP contribution in [0.25, 0.3) is 16.3 Å². The highest BCUT2D eigenvalue weighted by atomic mass is 32.1. The van der Waals surface area contributed by atoms with Crippen molar-refractivity contribution in [2.24, 2.45) is 0 Å². The molecule has 27 heavy (non-hydrogen) atoms. The van der Waals surface area contributed by atoms with Crippen LogP contribution in [0.4, 0.5) is 5.13 Å². The van der Waals surface area contributed by atoms with Crippen molar-refractivity contribution in [2.45, 2.75) is 6.42 Å².